The van der Waals surface area contributed by atoms with Crippen LogP contribution in [0.5, 0.6) is 0 Å². The normalized spacial score (nSPS) is 12.0. The smallest absolute Gasteiger partial charge is 0.143 e. The van der Waals surface area contributed by atoms with E-state index in [2.05, 4.69) is 449 Å². The van der Waals surface area contributed by atoms with Crippen molar-refractivity contribution in [2.24, 2.45) is 0 Å². The van der Waals surface area contributed by atoms with Gasteiger partial charge in [-0.2, -0.15) is 0 Å². The van der Waals surface area contributed by atoms with Crippen molar-refractivity contribution >= 4 is 163 Å². The molecule has 24 aromatic carbocycles. The van der Waals surface area contributed by atoms with Crippen molar-refractivity contribution in [2.75, 3.05) is 0 Å². The number of furan rings is 3. The molecule has 0 aliphatic heterocycles. The Morgan fingerprint density at radius 2 is 0.434 bits per heavy atom. The summed E-state index contributed by atoms with van der Waals surface area (Å²) in [7, 11) is 0. The first kappa shape index (κ1) is 72.5. The number of rotatable bonds is 11. The van der Waals surface area contributed by atoms with Crippen molar-refractivity contribution in [1.82, 2.24) is 0 Å². The van der Waals surface area contributed by atoms with Crippen LogP contribution in [0.1, 0.15) is 0 Å². The largest absolute Gasteiger partial charge is 0.456 e. The van der Waals surface area contributed by atoms with Crippen LogP contribution in [0.4, 0.5) is 0 Å². The maximum atomic E-state index is 7.60. The molecule has 0 saturated carbocycles. The number of hydrogen-bond acceptors (Lipinski definition) is 3. The molecular formula is C126H74O3. The Bertz CT molecular complexity index is 9260. The standard InChI is InChI=1S/C126H74O3/c1-4-29-75(30-5-1)79-59-69-113-111(72-79)124-109(121-102-51-24-22-49-100(102)118(101-50-23-25-52-103(101)121)91-55-26-36-77-35-10-11-38-84(77)91)68-65-105(126(124)128-113)87-54-27-37-81-71-82(58-61-85(81)87)116-94-43-16-20-47-98(94)120(99-48-21-17-44-95(99)116)108-67-66-106(125-123(108)107-62-57-80(74-115(107)129-125)76-31-6-2-7-32-76)90-63-64-104(89-40-13-12-39-88(89)90)119-96-45-18-14-41-92(96)117(93-42-15-19-46-97(93)119)83-60-70-112-110(73-83)122-86(53-28-56-114(122)127-112)78-33-8-3-9-34-78/h1-74H. The van der Waals surface area contributed by atoms with E-state index >= 15 is 0 Å². The summed E-state index contributed by atoms with van der Waals surface area (Å²) in [5, 5.41) is 27.7. The average molecular weight is 1640 g/mol. The summed E-state index contributed by atoms with van der Waals surface area (Å²) in [6.45, 7) is 0. The molecule has 0 spiro atoms. The second kappa shape index (κ2) is 28.8. The Morgan fingerprint density at radius 3 is 0.984 bits per heavy atom. The van der Waals surface area contributed by atoms with Crippen LogP contribution in [0.3, 0.4) is 0 Å². The van der Waals surface area contributed by atoms with E-state index in [1.807, 2.05) is 0 Å². The first-order valence-corrected chi connectivity index (χ1v) is 44.5. The minimum Gasteiger partial charge on any atom is -0.456 e. The highest BCUT2D eigenvalue weighted by molar-refractivity contribution is 6.32. The van der Waals surface area contributed by atoms with Crippen molar-refractivity contribution in [3.63, 3.8) is 0 Å². The van der Waals surface area contributed by atoms with Crippen LogP contribution < -0.4 is 0 Å². The third-order valence-electron chi connectivity index (χ3n) is 27.7. The summed E-state index contributed by atoms with van der Waals surface area (Å²) in [4.78, 5) is 0. The minimum atomic E-state index is 0.829. The average Bonchev–Trinajstić information content (AvgIpc) is 1.69. The highest BCUT2D eigenvalue weighted by Gasteiger charge is 2.30. The van der Waals surface area contributed by atoms with Gasteiger partial charge in [0.15, 0.2) is 0 Å². The summed E-state index contributed by atoms with van der Waals surface area (Å²) in [6.07, 6.45) is 0. The molecule has 0 aliphatic rings. The van der Waals surface area contributed by atoms with Crippen LogP contribution in [0.15, 0.2) is 462 Å². The molecule has 0 radical (unpaired) electrons. The van der Waals surface area contributed by atoms with Crippen LogP contribution in [0.2, 0.25) is 0 Å². The second-order valence-electron chi connectivity index (χ2n) is 34.4. The Morgan fingerprint density at radius 1 is 0.116 bits per heavy atom. The molecule has 0 unspecified atom stereocenters. The SMILES string of the molecule is c1ccc(-c2ccc3c(c2)oc2c(-c4ccc(-c5c6ccccc6c(-c6ccc7oc8cccc(-c9ccccc9)c8c7c6)c6ccccc56)c5ccccc45)ccc(-c4c5ccccc5c(-c5ccc6c(-c7ccc(-c8c9ccccc9c(-c9cccc%10ccccc9%10)c9ccccc89)c8c7oc7ccc(-c9ccccc9)cc78)cccc6c5)c5ccccc45)c23)cc1. The van der Waals surface area contributed by atoms with Gasteiger partial charge in [-0.05, 0) is 269 Å². The van der Waals surface area contributed by atoms with E-state index < -0.39 is 0 Å². The fourth-order valence-corrected chi connectivity index (χ4v) is 22.1. The third kappa shape index (κ3) is 11.1. The van der Waals surface area contributed by atoms with Crippen LogP contribution in [-0.2, 0) is 0 Å². The molecule has 0 bridgehead atoms. The van der Waals surface area contributed by atoms with Crippen molar-refractivity contribution in [3.05, 3.63) is 449 Å². The minimum absolute atomic E-state index is 0.829. The van der Waals surface area contributed by atoms with Gasteiger partial charge in [-0.15, -0.1) is 0 Å². The molecule has 0 N–H and O–H groups in total. The third-order valence-corrected chi connectivity index (χ3v) is 27.7. The van der Waals surface area contributed by atoms with Gasteiger partial charge in [-0.25, -0.2) is 0 Å². The first-order chi connectivity index (χ1) is 64.0. The summed E-state index contributed by atoms with van der Waals surface area (Å²) in [5.74, 6) is 0. The zero-order valence-corrected chi connectivity index (χ0v) is 69.9. The lowest BCUT2D eigenvalue weighted by atomic mass is 9.82. The second-order valence-corrected chi connectivity index (χ2v) is 34.4. The molecule has 3 nitrogen and oxygen atoms in total. The summed E-state index contributed by atoms with van der Waals surface area (Å²) in [6, 6.07) is 166. The first-order valence-electron chi connectivity index (χ1n) is 44.5. The van der Waals surface area contributed by atoms with Gasteiger partial charge in [0.25, 0.3) is 0 Å². The summed E-state index contributed by atoms with van der Waals surface area (Å²) in [5.41, 5.74) is 30.3. The number of benzene rings is 24. The van der Waals surface area contributed by atoms with Crippen LogP contribution >= 0.6 is 0 Å². The topological polar surface area (TPSA) is 39.4 Å². The molecule has 27 rings (SSSR count). The predicted molar refractivity (Wildman–Crippen MR) is 546 cm³/mol. The van der Waals surface area contributed by atoms with Gasteiger partial charge in [0.05, 0.1) is 0 Å². The maximum absolute atomic E-state index is 7.60. The van der Waals surface area contributed by atoms with Crippen molar-refractivity contribution in [3.8, 4) is 122 Å². The highest BCUT2D eigenvalue weighted by atomic mass is 16.3. The predicted octanol–water partition coefficient (Wildman–Crippen LogP) is 36.1. The maximum Gasteiger partial charge on any atom is 0.143 e. The monoisotopic (exact) mass is 1630 g/mol. The van der Waals surface area contributed by atoms with Gasteiger partial charge in [0.2, 0.25) is 0 Å². The molecule has 0 amide bonds. The lowest BCUT2D eigenvalue weighted by molar-refractivity contribution is 0.669. The Balaban J connectivity index is 0.619. The molecule has 0 atom stereocenters. The number of hydrogen-bond donors (Lipinski definition) is 0. The summed E-state index contributed by atoms with van der Waals surface area (Å²) < 4.78 is 21.7. The van der Waals surface area contributed by atoms with E-state index in [-0.39, 0.29) is 0 Å². The fourth-order valence-electron chi connectivity index (χ4n) is 22.1. The van der Waals surface area contributed by atoms with Crippen LogP contribution in [0, 0.1) is 0 Å². The zero-order valence-electron chi connectivity index (χ0n) is 69.9. The zero-order chi connectivity index (χ0) is 84.5. The van der Waals surface area contributed by atoms with Crippen molar-refractivity contribution < 1.29 is 13.3 Å². The van der Waals surface area contributed by atoms with Crippen molar-refractivity contribution in [2.45, 2.75) is 0 Å². The molecular weight excluding hydrogens is 1560 g/mol. The van der Waals surface area contributed by atoms with Crippen LogP contribution in [-0.4, -0.2) is 0 Å². The molecule has 3 aromatic heterocycles. The van der Waals surface area contributed by atoms with E-state index in [0.717, 1.165) is 192 Å². The fraction of sp³-hybridized carbons (Fsp3) is 0. The Kier molecular flexibility index (Phi) is 16.2. The molecule has 27 aromatic rings. The Hall–Kier alpha value is -17.0. The molecule has 0 saturated heterocycles. The summed E-state index contributed by atoms with van der Waals surface area (Å²) >= 11 is 0. The van der Waals surface area contributed by atoms with Crippen LogP contribution in [0.25, 0.3) is 285 Å². The van der Waals surface area contributed by atoms with Gasteiger partial charge >= 0.3 is 0 Å². The molecule has 0 fully saturated rings. The Labute approximate surface area is 742 Å². The van der Waals surface area contributed by atoms with Gasteiger partial charge in [0.1, 0.15) is 33.5 Å². The highest BCUT2D eigenvalue weighted by Crippen LogP contribution is 2.56. The van der Waals surface area contributed by atoms with E-state index in [1.165, 1.54) is 92.8 Å². The van der Waals surface area contributed by atoms with E-state index in [9.17, 15) is 0 Å². The molecule has 0 aliphatic carbocycles. The number of fused-ring (bicyclic) bond motifs is 18. The van der Waals surface area contributed by atoms with E-state index in [0.29, 0.717) is 0 Å². The molecule has 3 heterocycles. The lowest BCUT2D eigenvalue weighted by Gasteiger charge is -2.20. The quantitative estimate of drug-likeness (QED) is 0.121. The van der Waals surface area contributed by atoms with E-state index in [1.54, 1.807) is 0 Å². The van der Waals surface area contributed by atoms with Gasteiger partial charge < -0.3 is 13.3 Å². The molecule has 3 heteroatoms. The van der Waals surface area contributed by atoms with Gasteiger partial charge in [0, 0.05) is 43.4 Å². The molecule has 596 valence electrons. The molecule has 129 heavy (non-hydrogen) atoms. The van der Waals surface area contributed by atoms with Gasteiger partial charge in [-0.3, -0.25) is 0 Å². The van der Waals surface area contributed by atoms with Gasteiger partial charge in [-0.1, -0.05) is 388 Å². The van der Waals surface area contributed by atoms with E-state index in [4.69, 9.17) is 13.3 Å². The lowest BCUT2D eigenvalue weighted by Crippen LogP contribution is -1.93. The van der Waals surface area contributed by atoms with Crippen molar-refractivity contribution in [1.29, 1.82) is 0 Å².